The second-order valence-electron chi connectivity index (χ2n) is 10.1. The van der Waals surface area contributed by atoms with Crippen molar-refractivity contribution in [2.45, 2.75) is 75.9 Å². The maximum Gasteiger partial charge on any atom is 0.407 e. The lowest BCUT2D eigenvalue weighted by Gasteiger charge is -2.53. The number of carbonyl (C=O) groups excluding carboxylic acids is 1. The highest BCUT2D eigenvalue weighted by Gasteiger charge is 2.50. The molecule has 3 aliphatic rings. The van der Waals surface area contributed by atoms with Gasteiger partial charge in [0.15, 0.2) is 0 Å². The molecule has 8 heteroatoms. The van der Waals surface area contributed by atoms with Gasteiger partial charge in [0.2, 0.25) is 0 Å². The third-order valence-corrected chi connectivity index (χ3v) is 6.58. The van der Waals surface area contributed by atoms with Crippen molar-refractivity contribution in [1.29, 1.82) is 0 Å². The van der Waals surface area contributed by atoms with Gasteiger partial charge in [-0.15, -0.1) is 0 Å². The molecule has 1 aromatic carbocycles. The molecule has 0 aromatic heterocycles. The summed E-state index contributed by atoms with van der Waals surface area (Å²) in [4.78, 5) is 22.6. The van der Waals surface area contributed by atoms with Crippen LogP contribution in [-0.2, 0) is 19.7 Å². The number of fused-ring (bicyclic) bond motifs is 3. The first-order valence-electron chi connectivity index (χ1n) is 11.4. The summed E-state index contributed by atoms with van der Waals surface area (Å²) in [5.74, 6) is -0.300. The summed E-state index contributed by atoms with van der Waals surface area (Å²) < 4.78 is 29.8. The smallest absolute Gasteiger partial charge is 0.407 e. The van der Waals surface area contributed by atoms with E-state index in [9.17, 15) is 14.0 Å². The van der Waals surface area contributed by atoms with E-state index in [1.54, 1.807) is 20.8 Å². The Balaban J connectivity index is 1.50. The number of halogens is 1. The third kappa shape index (κ3) is 6.69. The van der Waals surface area contributed by atoms with Gasteiger partial charge >= 0.3 is 12.1 Å². The second kappa shape index (κ2) is 10.1. The maximum atomic E-state index is 13.2. The van der Waals surface area contributed by atoms with E-state index in [2.05, 4.69) is 17.4 Å². The van der Waals surface area contributed by atoms with Crippen molar-refractivity contribution < 1.29 is 33.3 Å². The molecule has 2 bridgehead atoms. The number of aliphatic carboxylic acids is 1. The molecule has 1 aromatic rings. The zero-order chi connectivity index (χ0) is 24.1. The molecule has 3 saturated carbocycles. The van der Waals surface area contributed by atoms with Crippen LogP contribution < -0.4 is 10.1 Å². The molecule has 4 rings (SSSR count). The summed E-state index contributed by atoms with van der Waals surface area (Å²) >= 11 is 0. The van der Waals surface area contributed by atoms with Crippen LogP contribution in [0, 0.1) is 0 Å². The topological polar surface area (TPSA) is 94.1 Å². The van der Waals surface area contributed by atoms with Crippen LogP contribution in [0.5, 0.6) is 5.75 Å². The van der Waals surface area contributed by atoms with Gasteiger partial charge in [0, 0.05) is 12.1 Å². The molecule has 0 atom stereocenters. The molecule has 2 N–H and O–H groups in total. The van der Waals surface area contributed by atoms with Gasteiger partial charge < -0.3 is 24.6 Å². The van der Waals surface area contributed by atoms with Gasteiger partial charge in [-0.05, 0) is 82.4 Å². The standard InChI is InChI=1S/C25H34FNO6/c1-23(2,3)33-22(30)27-15-18(14-26)16-31-20-6-4-19(5-7-20)24-8-11-25(12-9-24,13-10-24)32-17-21(28)29/h4-7,14H,8-13,15-17H2,1-3H3,(H,27,30)(H,28,29). The van der Waals surface area contributed by atoms with Crippen molar-refractivity contribution in [2.24, 2.45) is 0 Å². The SMILES string of the molecule is CC(C)(C)OC(=O)NCC(=CF)COc1ccc(C23CCC(OCC(=O)O)(CC2)CC3)cc1. The Labute approximate surface area is 194 Å². The first-order chi connectivity index (χ1) is 15.5. The quantitative estimate of drug-likeness (QED) is 0.542. The molecule has 0 aliphatic heterocycles. The zero-order valence-electron chi connectivity index (χ0n) is 19.6. The number of nitrogens with one attached hydrogen (secondary N) is 1. The van der Waals surface area contributed by atoms with Crippen molar-refractivity contribution in [3.8, 4) is 5.75 Å². The number of ether oxygens (including phenoxy) is 3. The average molecular weight is 464 g/mol. The van der Waals surface area contributed by atoms with Crippen molar-refractivity contribution in [3.63, 3.8) is 0 Å². The van der Waals surface area contributed by atoms with Gasteiger partial charge in [-0.2, -0.15) is 0 Å². The summed E-state index contributed by atoms with van der Waals surface area (Å²) in [6, 6.07) is 7.89. The maximum absolute atomic E-state index is 13.2. The molecular formula is C25H34FNO6. The second-order valence-corrected chi connectivity index (χ2v) is 10.1. The zero-order valence-corrected chi connectivity index (χ0v) is 19.6. The molecule has 0 heterocycles. The Bertz CT molecular complexity index is 849. The predicted octanol–water partition coefficient (Wildman–Crippen LogP) is 4.89. The van der Waals surface area contributed by atoms with Gasteiger partial charge in [0.25, 0.3) is 0 Å². The van der Waals surface area contributed by atoms with Crippen molar-refractivity contribution in [3.05, 3.63) is 41.7 Å². The normalized spacial score (nSPS) is 24.9. The molecular weight excluding hydrogens is 429 g/mol. The number of alkyl carbamates (subject to hydrolysis) is 1. The number of carboxylic acid groups (broad SMARTS) is 1. The Hall–Kier alpha value is -2.61. The lowest BCUT2D eigenvalue weighted by molar-refractivity contribution is -0.160. The molecule has 0 radical (unpaired) electrons. The Morgan fingerprint density at radius 1 is 1.06 bits per heavy atom. The summed E-state index contributed by atoms with van der Waals surface area (Å²) in [6.07, 6.45) is 5.35. The number of hydrogen-bond donors (Lipinski definition) is 2. The fourth-order valence-corrected chi connectivity index (χ4v) is 4.72. The number of amides is 1. The largest absolute Gasteiger partial charge is 0.489 e. The van der Waals surface area contributed by atoms with Crippen molar-refractivity contribution >= 4 is 12.1 Å². The van der Waals surface area contributed by atoms with E-state index in [1.165, 1.54) is 5.56 Å². The molecule has 3 fully saturated rings. The monoisotopic (exact) mass is 463 g/mol. The number of carboxylic acids is 1. The minimum absolute atomic E-state index is 0.00168. The van der Waals surface area contributed by atoms with Gasteiger partial charge in [0.05, 0.1) is 11.9 Å². The first-order valence-corrected chi connectivity index (χ1v) is 11.4. The molecule has 182 valence electrons. The molecule has 7 nitrogen and oxygen atoms in total. The highest BCUT2D eigenvalue weighted by Crippen LogP contribution is 2.55. The van der Waals surface area contributed by atoms with E-state index >= 15 is 0 Å². The van der Waals surface area contributed by atoms with Gasteiger partial charge in [-0.25, -0.2) is 14.0 Å². The third-order valence-electron chi connectivity index (χ3n) is 6.58. The van der Waals surface area contributed by atoms with E-state index in [4.69, 9.17) is 19.3 Å². The molecule has 1 amide bonds. The molecule has 3 aliphatic carbocycles. The minimum Gasteiger partial charge on any atom is -0.489 e. The van der Waals surface area contributed by atoms with Crippen LogP contribution in [0.4, 0.5) is 9.18 Å². The lowest BCUT2D eigenvalue weighted by atomic mass is 9.56. The molecule has 33 heavy (non-hydrogen) atoms. The highest BCUT2D eigenvalue weighted by molar-refractivity contribution is 5.68. The fraction of sp³-hybridized carbons (Fsp3) is 0.600. The first kappa shape index (κ1) is 25.0. The Morgan fingerprint density at radius 2 is 1.67 bits per heavy atom. The van der Waals surface area contributed by atoms with Crippen molar-refractivity contribution in [2.75, 3.05) is 19.8 Å². The molecule has 0 saturated heterocycles. The van der Waals surface area contributed by atoms with E-state index in [0.29, 0.717) is 17.7 Å². The van der Waals surface area contributed by atoms with E-state index in [0.717, 1.165) is 38.5 Å². The van der Waals surface area contributed by atoms with Gasteiger partial charge in [0.1, 0.15) is 24.6 Å². The number of rotatable bonds is 9. The summed E-state index contributed by atoms with van der Waals surface area (Å²) in [7, 11) is 0. The Morgan fingerprint density at radius 3 is 2.18 bits per heavy atom. The number of hydrogen-bond acceptors (Lipinski definition) is 5. The summed E-state index contributed by atoms with van der Waals surface area (Å²) in [5.41, 5.74) is 0.722. The predicted molar refractivity (Wildman–Crippen MR) is 121 cm³/mol. The Kier molecular flexibility index (Phi) is 7.67. The molecule has 0 unspecified atom stereocenters. The van der Waals surface area contributed by atoms with E-state index in [-0.39, 0.29) is 30.8 Å². The van der Waals surface area contributed by atoms with Crippen LogP contribution in [0.1, 0.15) is 64.9 Å². The van der Waals surface area contributed by atoms with E-state index < -0.39 is 17.7 Å². The van der Waals surface area contributed by atoms with Crippen LogP contribution in [0.2, 0.25) is 0 Å². The van der Waals surface area contributed by atoms with Gasteiger partial charge in [-0.3, -0.25) is 0 Å². The van der Waals surface area contributed by atoms with Crippen LogP contribution in [0.15, 0.2) is 36.2 Å². The van der Waals surface area contributed by atoms with E-state index in [1.807, 2.05) is 12.1 Å². The fourth-order valence-electron chi connectivity index (χ4n) is 4.72. The average Bonchev–Trinajstić information content (AvgIpc) is 2.78. The van der Waals surface area contributed by atoms with Crippen LogP contribution in [0.25, 0.3) is 0 Å². The molecule has 0 spiro atoms. The van der Waals surface area contributed by atoms with Crippen molar-refractivity contribution in [1.82, 2.24) is 5.32 Å². The van der Waals surface area contributed by atoms with Crippen LogP contribution >= 0.6 is 0 Å². The summed E-state index contributed by atoms with van der Waals surface area (Å²) in [6.45, 7) is 5.05. The minimum atomic E-state index is -0.922. The van der Waals surface area contributed by atoms with Crippen LogP contribution in [0.3, 0.4) is 0 Å². The van der Waals surface area contributed by atoms with Gasteiger partial charge in [-0.1, -0.05) is 12.1 Å². The number of benzene rings is 1. The highest BCUT2D eigenvalue weighted by atomic mass is 19.1. The lowest BCUT2D eigenvalue weighted by Crippen LogP contribution is -2.50. The summed E-state index contributed by atoms with van der Waals surface area (Å²) in [5, 5.41) is 11.4. The number of carbonyl (C=O) groups is 2. The van der Waals surface area contributed by atoms with Crippen LogP contribution in [-0.4, -0.2) is 48.1 Å².